The third-order valence-electron chi connectivity index (χ3n) is 3.50. The van der Waals surface area contributed by atoms with Gasteiger partial charge < -0.3 is 22.1 Å². The molecule has 0 radical (unpaired) electrons. The van der Waals surface area contributed by atoms with Crippen LogP contribution >= 0.6 is 0 Å². The Hall–Kier alpha value is -0.160. The first kappa shape index (κ1) is 13.9. The van der Waals surface area contributed by atoms with Crippen molar-refractivity contribution in [3.63, 3.8) is 0 Å². The molecule has 1 aliphatic carbocycles. The molecule has 2 atom stereocenters. The Morgan fingerprint density at radius 1 is 0.812 bits per heavy atom. The third kappa shape index (κ3) is 5.25. The zero-order valence-electron chi connectivity index (χ0n) is 10.4. The first-order valence-corrected chi connectivity index (χ1v) is 6.70. The van der Waals surface area contributed by atoms with E-state index in [9.17, 15) is 0 Å². The fraction of sp³-hybridized carbons (Fsp3) is 1.00. The van der Waals surface area contributed by atoms with Crippen molar-refractivity contribution in [2.45, 2.75) is 25.7 Å². The van der Waals surface area contributed by atoms with Crippen LogP contribution < -0.4 is 22.1 Å². The highest BCUT2D eigenvalue weighted by molar-refractivity contribution is 4.83. The molecule has 6 N–H and O–H groups in total. The van der Waals surface area contributed by atoms with E-state index in [2.05, 4.69) is 10.6 Å². The topological polar surface area (TPSA) is 76.1 Å². The normalized spacial score (nSPS) is 24.4. The Kier molecular flexibility index (Phi) is 7.76. The molecule has 4 heteroatoms. The van der Waals surface area contributed by atoms with Gasteiger partial charge in [0, 0.05) is 0 Å². The van der Waals surface area contributed by atoms with Gasteiger partial charge in [-0.25, -0.2) is 0 Å². The lowest BCUT2D eigenvalue weighted by atomic mass is 9.73. The number of rotatable bonds is 10. The average Bonchev–Trinajstić information content (AvgIpc) is 2.27. The minimum Gasteiger partial charge on any atom is -0.330 e. The molecular formula is C12H28N4. The van der Waals surface area contributed by atoms with Gasteiger partial charge in [-0.3, -0.25) is 0 Å². The molecular weight excluding hydrogens is 200 g/mol. The van der Waals surface area contributed by atoms with E-state index in [4.69, 9.17) is 11.5 Å². The van der Waals surface area contributed by atoms with E-state index in [1.54, 1.807) is 0 Å². The summed E-state index contributed by atoms with van der Waals surface area (Å²) in [7, 11) is 0. The lowest BCUT2D eigenvalue weighted by molar-refractivity contribution is 0.168. The maximum atomic E-state index is 5.45. The summed E-state index contributed by atoms with van der Waals surface area (Å²) in [6, 6.07) is 0. The van der Waals surface area contributed by atoms with Crippen LogP contribution in [-0.2, 0) is 0 Å². The summed E-state index contributed by atoms with van der Waals surface area (Å²) in [4.78, 5) is 0. The second kappa shape index (κ2) is 8.93. The minimum atomic E-state index is 0.793. The van der Waals surface area contributed by atoms with Gasteiger partial charge in [-0.1, -0.05) is 0 Å². The molecule has 96 valence electrons. The zero-order chi connectivity index (χ0) is 11.6. The second-order valence-corrected chi connectivity index (χ2v) is 4.79. The summed E-state index contributed by atoms with van der Waals surface area (Å²) in [5, 5.41) is 6.98. The summed E-state index contributed by atoms with van der Waals surface area (Å²) >= 11 is 0. The van der Waals surface area contributed by atoms with Crippen molar-refractivity contribution in [3.05, 3.63) is 0 Å². The van der Waals surface area contributed by atoms with Crippen molar-refractivity contribution in [1.82, 2.24) is 10.6 Å². The van der Waals surface area contributed by atoms with Crippen molar-refractivity contribution < 1.29 is 0 Å². The maximum absolute atomic E-state index is 5.45. The number of hydrogen-bond donors (Lipinski definition) is 4. The predicted molar refractivity (Wildman–Crippen MR) is 69.3 cm³/mol. The van der Waals surface area contributed by atoms with E-state index in [0.717, 1.165) is 50.9 Å². The standard InChI is InChI=1S/C12H28N4/c13-5-1-7-15-9-11-3-4-12(11)10-16-8-2-6-14/h11-12,15-16H,1-10,13-14H2. The Morgan fingerprint density at radius 3 is 1.56 bits per heavy atom. The molecule has 0 saturated heterocycles. The lowest BCUT2D eigenvalue weighted by Gasteiger charge is -2.37. The molecule has 16 heavy (non-hydrogen) atoms. The molecule has 0 spiro atoms. The van der Waals surface area contributed by atoms with Crippen LogP contribution in [0.2, 0.25) is 0 Å². The molecule has 1 saturated carbocycles. The first-order chi connectivity index (χ1) is 7.88. The van der Waals surface area contributed by atoms with Gasteiger partial charge in [-0.05, 0) is 76.8 Å². The zero-order valence-corrected chi connectivity index (χ0v) is 10.4. The van der Waals surface area contributed by atoms with Gasteiger partial charge in [0.25, 0.3) is 0 Å². The summed E-state index contributed by atoms with van der Waals surface area (Å²) in [5.41, 5.74) is 10.9. The van der Waals surface area contributed by atoms with E-state index in [1.807, 2.05) is 0 Å². The van der Waals surface area contributed by atoms with Crippen molar-refractivity contribution >= 4 is 0 Å². The van der Waals surface area contributed by atoms with Gasteiger partial charge in [-0.15, -0.1) is 0 Å². The van der Waals surface area contributed by atoms with Crippen LogP contribution in [0.5, 0.6) is 0 Å². The summed E-state index contributed by atoms with van der Waals surface area (Å²) in [6.45, 7) is 6.07. The van der Waals surface area contributed by atoms with Gasteiger partial charge in [0.05, 0.1) is 0 Å². The molecule has 0 amide bonds. The van der Waals surface area contributed by atoms with Crippen LogP contribution in [-0.4, -0.2) is 39.3 Å². The van der Waals surface area contributed by atoms with Gasteiger partial charge in [0.2, 0.25) is 0 Å². The Bertz CT molecular complexity index is 145. The molecule has 0 aromatic rings. The van der Waals surface area contributed by atoms with Crippen LogP contribution in [0.1, 0.15) is 25.7 Å². The lowest BCUT2D eigenvalue weighted by Crippen LogP contribution is -2.41. The van der Waals surface area contributed by atoms with E-state index in [0.29, 0.717) is 0 Å². The van der Waals surface area contributed by atoms with Gasteiger partial charge >= 0.3 is 0 Å². The fourth-order valence-corrected chi connectivity index (χ4v) is 2.20. The van der Waals surface area contributed by atoms with Crippen molar-refractivity contribution in [2.24, 2.45) is 23.3 Å². The molecule has 1 fully saturated rings. The van der Waals surface area contributed by atoms with Crippen LogP contribution in [0.25, 0.3) is 0 Å². The second-order valence-electron chi connectivity index (χ2n) is 4.79. The number of nitrogens with two attached hydrogens (primary N) is 2. The summed E-state index contributed by atoms with van der Waals surface area (Å²) in [6.07, 6.45) is 4.95. The highest BCUT2D eigenvalue weighted by Crippen LogP contribution is 2.32. The van der Waals surface area contributed by atoms with E-state index in [1.165, 1.54) is 25.9 Å². The van der Waals surface area contributed by atoms with Crippen LogP contribution in [0.3, 0.4) is 0 Å². The van der Waals surface area contributed by atoms with Gasteiger partial charge in [0.1, 0.15) is 0 Å². The molecule has 1 aliphatic rings. The summed E-state index contributed by atoms with van der Waals surface area (Å²) in [5.74, 6) is 1.76. The van der Waals surface area contributed by atoms with Crippen molar-refractivity contribution in [1.29, 1.82) is 0 Å². The number of hydrogen-bond acceptors (Lipinski definition) is 4. The monoisotopic (exact) mass is 228 g/mol. The van der Waals surface area contributed by atoms with E-state index >= 15 is 0 Å². The van der Waals surface area contributed by atoms with Crippen molar-refractivity contribution in [2.75, 3.05) is 39.3 Å². The number of nitrogens with one attached hydrogen (secondary N) is 2. The minimum absolute atomic E-state index is 0.793. The molecule has 0 aromatic carbocycles. The molecule has 0 bridgehead atoms. The van der Waals surface area contributed by atoms with E-state index in [-0.39, 0.29) is 0 Å². The molecule has 2 unspecified atom stereocenters. The Balaban J connectivity index is 1.93. The largest absolute Gasteiger partial charge is 0.330 e. The Labute approximate surface area is 99.5 Å². The maximum Gasteiger partial charge on any atom is -0.00174 e. The average molecular weight is 228 g/mol. The molecule has 4 nitrogen and oxygen atoms in total. The van der Waals surface area contributed by atoms with E-state index < -0.39 is 0 Å². The summed E-state index contributed by atoms with van der Waals surface area (Å²) < 4.78 is 0. The van der Waals surface area contributed by atoms with Crippen LogP contribution in [0.4, 0.5) is 0 Å². The fourth-order valence-electron chi connectivity index (χ4n) is 2.20. The molecule has 1 rings (SSSR count). The van der Waals surface area contributed by atoms with Gasteiger partial charge in [0.15, 0.2) is 0 Å². The molecule has 0 heterocycles. The third-order valence-corrected chi connectivity index (χ3v) is 3.50. The van der Waals surface area contributed by atoms with Gasteiger partial charge in [-0.2, -0.15) is 0 Å². The molecule has 0 aliphatic heterocycles. The SMILES string of the molecule is NCCCNCC1CCC1CNCCCN. The predicted octanol–water partition coefficient (Wildman–Crippen LogP) is -0.111. The molecule has 0 aromatic heterocycles. The highest BCUT2D eigenvalue weighted by Gasteiger charge is 2.29. The Morgan fingerprint density at radius 2 is 1.25 bits per heavy atom. The smallest absolute Gasteiger partial charge is 0.00174 e. The first-order valence-electron chi connectivity index (χ1n) is 6.70. The van der Waals surface area contributed by atoms with Crippen molar-refractivity contribution in [3.8, 4) is 0 Å². The highest BCUT2D eigenvalue weighted by atomic mass is 14.9. The van der Waals surface area contributed by atoms with Crippen LogP contribution in [0.15, 0.2) is 0 Å². The quantitative estimate of drug-likeness (QED) is 0.394. The van der Waals surface area contributed by atoms with Crippen LogP contribution in [0, 0.1) is 11.8 Å².